The number of hydrogen-bond acceptors (Lipinski definition) is 2. The zero-order chi connectivity index (χ0) is 11.8. The van der Waals surface area contributed by atoms with Crippen LogP contribution in [0.5, 0.6) is 0 Å². The maximum atomic E-state index is 3.73. The van der Waals surface area contributed by atoms with Crippen molar-refractivity contribution in [3.05, 3.63) is 0 Å². The van der Waals surface area contributed by atoms with Gasteiger partial charge < -0.3 is 10.2 Å². The van der Waals surface area contributed by atoms with E-state index in [9.17, 15) is 0 Å². The van der Waals surface area contributed by atoms with Crippen molar-refractivity contribution in [3.8, 4) is 0 Å². The molecule has 0 radical (unpaired) electrons. The van der Waals surface area contributed by atoms with Gasteiger partial charge in [0.15, 0.2) is 0 Å². The van der Waals surface area contributed by atoms with Crippen LogP contribution in [0.4, 0.5) is 0 Å². The molecule has 96 valence electrons. The van der Waals surface area contributed by atoms with Crippen LogP contribution in [-0.2, 0) is 0 Å². The zero-order valence-corrected chi connectivity index (χ0v) is 11.5. The minimum atomic E-state index is 0.810. The van der Waals surface area contributed by atoms with Gasteiger partial charge in [0.2, 0.25) is 0 Å². The first-order chi connectivity index (χ1) is 7.80. The van der Waals surface area contributed by atoms with Crippen LogP contribution in [0.3, 0.4) is 0 Å². The summed E-state index contributed by atoms with van der Waals surface area (Å²) in [5.74, 6) is 0.996. The molecule has 0 saturated heterocycles. The second-order valence-electron chi connectivity index (χ2n) is 5.17. The third-order valence-electron chi connectivity index (χ3n) is 3.97. The predicted octanol–water partition coefficient (Wildman–Crippen LogP) is 2.89. The molecule has 2 nitrogen and oxygen atoms in total. The first-order valence-corrected chi connectivity index (χ1v) is 7.25. The highest BCUT2D eigenvalue weighted by molar-refractivity contribution is 4.80. The first-order valence-electron chi connectivity index (χ1n) is 7.25. The topological polar surface area (TPSA) is 15.3 Å². The molecule has 1 N–H and O–H groups in total. The van der Waals surface area contributed by atoms with Crippen molar-refractivity contribution in [2.45, 2.75) is 58.9 Å². The summed E-state index contributed by atoms with van der Waals surface area (Å²) in [6, 6.07) is 0.810. The Labute approximate surface area is 102 Å². The van der Waals surface area contributed by atoms with Crippen LogP contribution in [0, 0.1) is 5.92 Å². The number of hydrogen-bond donors (Lipinski definition) is 1. The van der Waals surface area contributed by atoms with Crippen molar-refractivity contribution in [1.29, 1.82) is 0 Å². The zero-order valence-electron chi connectivity index (χ0n) is 11.5. The van der Waals surface area contributed by atoms with Gasteiger partial charge >= 0.3 is 0 Å². The van der Waals surface area contributed by atoms with E-state index >= 15 is 0 Å². The molecular formula is C14H30N2. The molecule has 0 bridgehead atoms. The van der Waals surface area contributed by atoms with Gasteiger partial charge in [-0.25, -0.2) is 0 Å². The van der Waals surface area contributed by atoms with Crippen LogP contribution in [0.25, 0.3) is 0 Å². The molecule has 1 aliphatic carbocycles. The summed E-state index contributed by atoms with van der Waals surface area (Å²) in [5.41, 5.74) is 0. The molecule has 1 aliphatic rings. The Morgan fingerprint density at radius 2 is 1.94 bits per heavy atom. The van der Waals surface area contributed by atoms with Crippen LogP contribution in [0.1, 0.15) is 52.9 Å². The maximum absolute atomic E-state index is 3.73. The second-order valence-corrected chi connectivity index (χ2v) is 5.17. The van der Waals surface area contributed by atoms with Gasteiger partial charge in [-0.2, -0.15) is 0 Å². The highest BCUT2D eigenvalue weighted by Crippen LogP contribution is 2.27. The van der Waals surface area contributed by atoms with Gasteiger partial charge in [0.05, 0.1) is 0 Å². The molecule has 1 fully saturated rings. The van der Waals surface area contributed by atoms with Crippen molar-refractivity contribution >= 4 is 0 Å². The summed E-state index contributed by atoms with van der Waals surface area (Å²) in [7, 11) is 0. The Kier molecular flexibility index (Phi) is 7.06. The summed E-state index contributed by atoms with van der Waals surface area (Å²) in [6.07, 6.45) is 6.90. The van der Waals surface area contributed by atoms with E-state index in [1.54, 1.807) is 0 Å². The summed E-state index contributed by atoms with van der Waals surface area (Å²) in [5, 5.41) is 3.73. The molecule has 2 atom stereocenters. The summed E-state index contributed by atoms with van der Waals surface area (Å²) >= 11 is 0. The fraction of sp³-hybridized carbons (Fsp3) is 1.00. The van der Waals surface area contributed by atoms with Crippen molar-refractivity contribution in [3.63, 3.8) is 0 Å². The van der Waals surface area contributed by atoms with Gasteiger partial charge in [0.25, 0.3) is 0 Å². The molecule has 0 aromatic carbocycles. The van der Waals surface area contributed by atoms with E-state index in [1.807, 2.05) is 0 Å². The molecule has 1 rings (SSSR count). The second kappa shape index (κ2) is 8.08. The molecule has 0 amide bonds. The lowest BCUT2D eigenvalue weighted by atomic mass is 10.1. The van der Waals surface area contributed by atoms with E-state index < -0.39 is 0 Å². The lowest BCUT2D eigenvalue weighted by Gasteiger charge is -2.21. The van der Waals surface area contributed by atoms with Crippen molar-refractivity contribution in [1.82, 2.24) is 10.2 Å². The van der Waals surface area contributed by atoms with Crippen LogP contribution in [0.15, 0.2) is 0 Å². The predicted molar refractivity (Wildman–Crippen MR) is 71.8 cm³/mol. The van der Waals surface area contributed by atoms with Gasteiger partial charge in [-0.1, -0.05) is 27.2 Å². The minimum absolute atomic E-state index is 0.810. The average molecular weight is 226 g/mol. The van der Waals surface area contributed by atoms with E-state index in [4.69, 9.17) is 0 Å². The van der Waals surface area contributed by atoms with Gasteiger partial charge in [0, 0.05) is 19.1 Å². The Morgan fingerprint density at radius 1 is 1.12 bits per heavy atom. The lowest BCUT2D eigenvalue weighted by molar-refractivity contribution is 0.282. The van der Waals surface area contributed by atoms with Crippen LogP contribution in [0.2, 0.25) is 0 Å². The number of likely N-dealkylation sites (N-methyl/N-ethyl adjacent to an activating group) is 1. The van der Waals surface area contributed by atoms with E-state index in [1.165, 1.54) is 58.3 Å². The average Bonchev–Trinajstić information content (AvgIpc) is 2.76. The van der Waals surface area contributed by atoms with E-state index in [2.05, 4.69) is 31.0 Å². The Balaban J connectivity index is 2.06. The Bertz CT molecular complexity index is 170. The third kappa shape index (κ3) is 4.84. The number of rotatable bonds is 8. The normalized spacial score (nSPS) is 25.5. The summed E-state index contributed by atoms with van der Waals surface area (Å²) < 4.78 is 0. The monoisotopic (exact) mass is 226 g/mol. The first kappa shape index (κ1) is 14.0. The Morgan fingerprint density at radius 3 is 2.50 bits per heavy atom. The fourth-order valence-electron chi connectivity index (χ4n) is 2.80. The van der Waals surface area contributed by atoms with Gasteiger partial charge in [-0.05, 0) is 44.7 Å². The minimum Gasteiger partial charge on any atom is -0.313 e. The van der Waals surface area contributed by atoms with E-state index in [0.29, 0.717) is 0 Å². The fourth-order valence-corrected chi connectivity index (χ4v) is 2.80. The standard InChI is InChI=1S/C14H30N2/c1-4-10-16(6-3)11-9-15-14-8-7-13(5-2)12-14/h13-15H,4-12H2,1-3H3. The van der Waals surface area contributed by atoms with Crippen LogP contribution in [-0.4, -0.2) is 37.1 Å². The lowest BCUT2D eigenvalue weighted by Crippen LogP contribution is -2.36. The maximum Gasteiger partial charge on any atom is 0.0107 e. The molecule has 0 aliphatic heterocycles. The highest BCUT2D eigenvalue weighted by Gasteiger charge is 2.22. The molecular weight excluding hydrogens is 196 g/mol. The molecule has 0 aromatic heterocycles. The van der Waals surface area contributed by atoms with Crippen LogP contribution < -0.4 is 5.32 Å². The van der Waals surface area contributed by atoms with E-state index in [-0.39, 0.29) is 0 Å². The molecule has 0 aromatic rings. The third-order valence-corrected chi connectivity index (χ3v) is 3.97. The molecule has 16 heavy (non-hydrogen) atoms. The molecule has 1 saturated carbocycles. The van der Waals surface area contributed by atoms with Gasteiger partial charge in [-0.3, -0.25) is 0 Å². The largest absolute Gasteiger partial charge is 0.313 e. The smallest absolute Gasteiger partial charge is 0.0107 e. The Hall–Kier alpha value is -0.0800. The molecule has 2 unspecified atom stereocenters. The van der Waals surface area contributed by atoms with E-state index in [0.717, 1.165) is 12.0 Å². The molecule has 2 heteroatoms. The summed E-state index contributed by atoms with van der Waals surface area (Å²) in [6.45, 7) is 11.7. The number of nitrogens with one attached hydrogen (secondary N) is 1. The highest BCUT2D eigenvalue weighted by atomic mass is 15.1. The van der Waals surface area contributed by atoms with Crippen molar-refractivity contribution in [2.24, 2.45) is 5.92 Å². The van der Waals surface area contributed by atoms with Gasteiger partial charge in [0.1, 0.15) is 0 Å². The van der Waals surface area contributed by atoms with Gasteiger partial charge in [-0.15, -0.1) is 0 Å². The molecule has 0 heterocycles. The number of nitrogens with zero attached hydrogens (tertiary/aromatic N) is 1. The van der Waals surface area contributed by atoms with Crippen molar-refractivity contribution in [2.75, 3.05) is 26.2 Å². The SMILES string of the molecule is CCCN(CC)CCNC1CCC(CC)C1. The molecule has 0 spiro atoms. The quantitative estimate of drug-likeness (QED) is 0.684. The summed E-state index contributed by atoms with van der Waals surface area (Å²) in [4.78, 5) is 2.54. The van der Waals surface area contributed by atoms with Crippen molar-refractivity contribution < 1.29 is 0 Å². The van der Waals surface area contributed by atoms with Crippen LogP contribution >= 0.6 is 0 Å².